The molecule has 0 saturated heterocycles. The van der Waals surface area contributed by atoms with Crippen LogP contribution >= 0.6 is 0 Å². The molecule has 0 unspecified atom stereocenters. The van der Waals surface area contributed by atoms with Gasteiger partial charge in [0.25, 0.3) is 11.8 Å². The number of rotatable bonds is 5. The highest BCUT2D eigenvalue weighted by Crippen LogP contribution is 2.26. The molecule has 3 aromatic rings. The van der Waals surface area contributed by atoms with Gasteiger partial charge in [-0.3, -0.25) is 9.59 Å². The van der Waals surface area contributed by atoms with E-state index in [0.29, 0.717) is 28.3 Å². The second kappa shape index (κ2) is 8.19. The number of nitrogens with one attached hydrogen (secondary N) is 2. The number of amides is 2. The number of anilines is 2. The molecule has 0 radical (unpaired) electrons. The number of hydrogen-bond donors (Lipinski definition) is 2. The first-order valence-corrected chi connectivity index (χ1v) is 8.49. The van der Waals surface area contributed by atoms with Gasteiger partial charge in [-0.2, -0.15) is 0 Å². The van der Waals surface area contributed by atoms with Crippen LogP contribution in [0.2, 0.25) is 0 Å². The first kappa shape index (κ1) is 18.2. The molecule has 3 rings (SSSR count). The Balaban J connectivity index is 1.83. The molecule has 2 N–H and O–H groups in total. The average molecular weight is 360 g/mol. The van der Waals surface area contributed by atoms with E-state index in [2.05, 4.69) is 10.6 Å². The summed E-state index contributed by atoms with van der Waals surface area (Å²) in [6, 6.07) is 21.4. The Bertz CT molecular complexity index is 968. The van der Waals surface area contributed by atoms with Crippen LogP contribution in [0.15, 0.2) is 72.8 Å². The zero-order chi connectivity index (χ0) is 19.2. The van der Waals surface area contributed by atoms with Gasteiger partial charge >= 0.3 is 0 Å². The van der Waals surface area contributed by atoms with E-state index in [1.165, 1.54) is 7.11 Å². The summed E-state index contributed by atoms with van der Waals surface area (Å²) in [6.45, 7) is 1.92. The smallest absolute Gasteiger partial charge is 0.255 e. The molecule has 0 aromatic heterocycles. The summed E-state index contributed by atoms with van der Waals surface area (Å²) in [5.74, 6) is -0.0558. The molecule has 5 nitrogen and oxygen atoms in total. The van der Waals surface area contributed by atoms with E-state index in [9.17, 15) is 9.59 Å². The van der Waals surface area contributed by atoms with E-state index < -0.39 is 0 Å². The summed E-state index contributed by atoms with van der Waals surface area (Å²) in [4.78, 5) is 25.0. The summed E-state index contributed by atoms with van der Waals surface area (Å²) < 4.78 is 5.31. The second-order valence-corrected chi connectivity index (χ2v) is 6.06. The summed E-state index contributed by atoms with van der Waals surface area (Å²) in [5, 5.41) is 5.64. The molecule has 0 atom stereocenters. The van der Waals surface area contributed by atoms with Crippen LogP contribution in [0.1, 0.15) is 26.3 Å². The van der Waals surface area contributed by atoms with E-state index in [4.69, 9.17) is 4.74 Å². The Hall–Kier alpha value is -3.60. The normalized spacial score (nSPS) is 10.1. The van der Waals surface area contributed by atoms with Crippen molar-refractivity contribution in [2.75, 3.05) is 17.7 Å². The number of ether oxygens (including phenoxy) is 1. The molecule has 0 aliphatic rings. The van der Waals surface area contributed by atoms with Crippen molar-refractivity contribution in [1.29, 1.82) is 0 Å². The van der Waals surface area contributed by atoms with Crippen LogP contribution in [0.4, 0.5) is 11.4 Å². The quantitative estimate of drug-likeness (QED) is 0.703. The molecule has 5 heteroatoms. The predicted molar refractivity (Wildman–Crippen MR) is 107 cm³/mol. The van der Waals surface area contributed by atoms with Crippen molar-refractivity contribution in [3.8, 4) is 5.75 Å². The zero-order valence-electron chi connectivity index (χ0n) is 15.2. The van der Waals surface area contributed by atoms with Crippen molar-refractivity contribution in [3.63, 3.8) is 0 Å². The average Bonchev–Trinajstić information content (AvgIpc) is 2.68. The van der Waals surface area contributed by atoms with Crippen molar-refractivity contribution < 1.29 is 14.3 Å². The largest absolute Gasteiger partial charge is 0.495 e. The van der Waals surface area contributed by atoms with Gasteiger partial charge in [-0.25, -0.2) is 0 Å². The maximum atomic E-state index is 12.5. The van der Waals surface area contributed by atoms with Crippen molar-refractivity contribution in [3.05, 3.63) is 89.5 Å². The van der Waals surface area contributed by atoms with Crippen LogP contribution in [0.25, 0.3) is 0 Å². The lowest BCUT2D eigenvalue weighted by Gasteiger charge is -2.13. The molecule has 0 saturated carbocycles. The highest BCUT2D eigenvalue weighted by Gasteiger charge is 2.14. The van der Waals surface area contributed by atoms with Crippen molar-refractivity contribution in [1.82, 2.24) is 0 Å². The molecule has 3 aromatic carbocycles. The van der Waals surface area contributed by atoms with Gasteiger partial charge < -0.3 is 15.4 Å². The Morgan fingerprint density at radius 1 is 0.778 bits per heavy atom. The SMILES string of the molecule is COc1ccc(C(=O)Nc2ccccc2)cc1NC(=O)c1cccc(C)c1. The van der Waals surface area contributed by atoms with Gasteiger partial charge in [0.15, 0.2) is 0 Å². The Morgan fingerprint density at radius 2 is 1.48 bits per heavy atom. The molecule has 0 aliphatic heterocycles. The highest BCUT2D eigenvalue weighted by molar-refractivity contribution is 6.08. The lowest BCUT2D eigenvalue weighted by atomic mass is 10.1. The summed E-state index contributed by atoms with van der Waals surface area (Å²) in [6.07, 6.45) is 0. The van der Waals surface area contributed by atoms with E-state index in [1.54, 1.807) is 30.3 Å². The first-order chi connectivity index (χ1) is 13.1. The van der Waals surface area contributed by atoms with Crippen LogP contribution in [0, 0.1) is 6.92 Å². The Kier molecular flexibility index (Phi) is 5.52. The first-order valence-electron chi connectivity index (χ1n) is 8.49. The summed E-state index contributed by atoms with van der Waals surface area (Å²) >= 11 is 0. The third-order valence-electron chi connectivity index (χ3n) is 4.02. The number of methoxy groups -OCH3 is 1. The number of benzene rings is 3. The fraction of sp³-hybridized carbons (Fsp3) is 0.0909. The predicted octanol–water partition coefficient (Wildman–Crippen LogP) is 4.51. The maximum absolute atomic E-state index is 12.5. The van der Waals surface area contributed by atoms with Crippen molar-refractivity contribution in [2.45, 2.75) is 6.92 Å². The molecular weight excluding hydrogens is 340 g/mol. The van der Waals surface area contributed by atoms with Crippen LogP contribution in [-0.2, 0) is 0 Å². The monoisotopic (exact) mass is 360 g/mol. The van der Waals surface area contributed by atoms with E-state index in [0.717, 1.165) is 5.56 Å². The lowest BCUT2D eigenvalue weighted by Crippen LogP contribution is -2.15. The fourth-order valence-electron chi connectivity index (χ4n) is 2.65. The van der Waals surface area contributed by atoms with Crippen LogP contribution in [0.5, 0.6) is 5.75 Å². The minimum atomic E-state index is -0.269. The van der Waals surface area contributed by atoms with Crippen molar-refractivity contribution >= 4 is 23.2 Å². The molecule has 0 aliphatic carbocycles. The van der Waals surface area contributed by atoms with Gasteiger partial charge in [-0.05, 0) is 49.4 Å². The van der Waals surface area contributed by atoms with Gasteiger partial charge in [0.2, 0.25) is 0 Å². The summed E-state index contributed by atoms with van der Waals surface area (Å²) in [7, 11) is 1.52. The summed E-state index contributed by atoms with van der Waals surface area (Å²) in [5.41, 5.74) is 3.08. The van der Waals surface area contributed by atoms with Crippen molar-refractivity contribution in [2.24, 2.45) is 0 Å². The Labute approximate surface area is 158 Å². The molecule has 27 heavy (non-hydrogen) atoms. The number of aryl methyl sites for hydroxylation is 1. The Morgan fingerprint density at radius 3 is 2.19 bits per heavy atom. The standard InChI is InChI=1S/C22H20N2O3/c1-15-7-6-8-16(13-15)22(26)24-19-14-17(11-12-20(19)27-2)21(25)23-18-9-4-3-5-10-18/h3-14H,1-2H3,(H,23,25)(H,24,26). The topological polar surface area (TPSA) is 67.4 Å². The molecule has 0 fully saturated rings. The van der Waals surface area contributed by atoms with Crippen LogP contribution < -0.4 is 15.4 Å². The highest BCUT2D eigenvalue weighted by atomic mass is 16.5. The zero-order valence-corrected chi connectivity index (χ0v) is 15.2. The third-order valence-corrected chi connectivity index (χ3v) is 4.02. The van der Waals surface area contributed by atoms with Gasteiger partial charge in [0, 0.05) is 16.8 Å². The number of hydrogen-bond acceptors (Lipinski definition) is 3. The minimum Gasteiger partial charge on any atom is -0.495 e. The van der Waals surface area contributed by atoms with E-state index in [1.807, 2.05) is 49.4 Å². The molecule has 0 bridgehead atoms. The van der Waals surface area contributed by atoms with E-state index in [-0.39, 0.29) is 11.8 Å². The maximum Gasteiger partial charge on any atom is 0.255 e. The van der Waals surface area contributed by atoms with Gasteiger partial charge in [-0.1, -0.05) is 35.9 Å². The molecule has 2 amide bonds. The number of carbonyl (C=O) groups is 2. The third kappa shape index (κ3) is 4.52. The molecular formula is C22H20N2O3. The van der Waals surface area contributed by atoms with Crippen LogP contribution in [0.3, 0.4) is 0 Å². The molecule has 136 valence electrons. The number of carbonyl (C=O) groups excluding carboxylic acids is 2. The van der Waals surface area contributed by atoms with E-state index >= 15 is 0 Å². The van der Waals surface area contributed by atoms with Gasteiger partial charge in [-0.15, -0.1) is 0 Å². The van der Waals surface area contributed by atoms with Gasteiger partial charge in [0.05, 0.1) is 12.8 Å². The van der Waals surface area contributed by atoms with Crippen LogP contribution in [-0.4, -0.2) is 18.9 Å². The lowest BCUT2D eigenvalue weighted by molar-refractivity contribution is 0.101. The fourth-order valence-corrected chi connectivity index (χ4v) is 2.65. The number of para-hydroxylation sites is 1. The second-order valence-electron chi connectivity index (χ2n) is 6.06. The van der Waals surface area contributed by atoms with Gasteiger partial charge in [0.1, 0.15) is 5.75 Å². The minimum absolute atomic E-state index is 0.266. The molecule has 0 spiro atoms. The molecule has 0 heterocycles.